The van der Waals surface area contributed by atoms with Gasteiger partial charge in [0.15, 0.2) is 5.69 Å². The van der Waals surface area contributed by atoms with Gasteiger partial charge in [0.25, 0.3) is 11.5 Å². The number of amides is 1. The monoisotopic (exact) mass is 439 g/mol. The van der Waals surface area contributed by atoms with Crippen molar-refractivity contribution < 1.29 is 22.7 Å². The number of carbonyl (C=O) groups excluding carboxylic acids is 1. The Kier molecular flexibility index (Phi) is 5.40. The molecule has 0 spiro atoms. The Morgan fingerprint density at radius 1 is 0.938 bits per heavy atom. The van der Waals surface area contributed by atoms with Crippen molar-refractivity contribution in [3.63, 3.8) is 0 Å². The predicted molar refractivity (Wildman–Crippen MR) is 113 cm³/mol. The highest BCUT2D eigenvalue weighted by atomic mass is 19.4. The summed E-state index contributed by atoms with van der Waals surface area (Å²) in [6.45, 7) is 0. The topological polar surface area (TPSA) is 73.2 Å². The third kappa shape index (κ3) is 3.92. The van der Waals surface area contributed by atoms with E-state index in [-0.39, 0.29) is 16.5 Å². The normalized spacial score (nSPS) is 11.4. The summed E-state index contributed by atoms with van der Waals surface area (Å²) in [5.41, 5.74) is -1.68. The molecule has 0 aliphatic heterocycles. The molecule has 4 rings (SSSR count). The van der Waals surface area contributed by atoms with E-state index in [4.69, 9.17) is 4.74 Å². The third-order valence-electron chi connectivity index (χ3n) is 4.82. The van der Waals surface area contributed by atoms with Gasteiger partial charge in [-0.25, -0.2) is 0 Å². The molecule has 0 fully saturated rings. The summed E-state index contributed by atoms with van der Waals surface area (Å²) in [5.74, 6) is -0.315. The number of methoxy groups -OCH3 is 1. The summed E-state index contributed by atoms with van der Waals surface area (Å²) in [5, 5.41) is 6.90. The lowest BCUT2D eigenvalue weighted by molar-refractivity contribution is -0.136. The van der Waals surface area contributed by atoms with E-state index in [0.717, 1.165) is 16.8 Å². The molecular formula is C23H16F3N3O3. The van der Waals surface area contributed by atoms with E-state index in [9.17, 15) is 22.8 Å². The van der Waals surface area contributed by atoms with Crippen LogP contribution in [-0.4, -0.2) is 22.8 Å². The Morgan fingerprint density at radius 2 is 1.56 bits per heavy atom. The van der Waals surface area contributed by atoms with Crippen molar-refractivity contribution in [2.75, 3.05) is 12.4 Å². The smallest absolute Gasteiger partial charge is 0.418 e. The standard InChI is InChI=1S/C23H16F3N3O3/c1-32-15-12-10-14(11-13-15)29-22(31)17-7-3-2-6-16(17)20(28-29)21(30)27-19-9-5-4-8-18(19)23(24,25)26/h2-13H,1H3,(H,27,30). The zero-order valence-corrected chi connectivity index (χ0v) is 16.7. The molecule has 0 atom stereocenters. The number of rotatable bonds is 4. The summed E-state index contributed by atoms with van der Waals surface area (Å²) < 4.78 is 46.1. The first-order chi connectivity index (χ1) is 15.3. The lowest BCUT2D eigenvalue weighted by Crippen LogP contribution is -2.27. The van der Waals surface area contributed by atoms with Gasteiger partial charge >= 0.3 is 6.18 Å². The zero-order chi connectivity index (χ0) is 22.9. The van der Waals surface area contributed by atoms with Crippen LogP contribution < -0.4 is 15.6 Å². The Bertz CT molecular complexity index is 1360. The Hall–Kier alpha value is -4.14. The van der Waals surface area contributed by atoms with E-state index >= 15 is 0 Å². The molecule has 0 aliphatic rings. The average Bonchev–Trinajstić information content (AvgIpc) is 2.79. The van der Waals surface area contributed by atoms with Gasteiger partial charge in [-0.05, 0) is 42.5 Å². The van der Waals surface area contributed by atoms with Crippen molar-refractivity contribution in [2.45, 2.75) is 6.18 Å². The number of para-hydroxylation sites is 1. The van der Waals surface area contributed by atoms with Gasteiger partial charge < -0.3 is 10.1 Å². The van der Waals surface area contributed by atoms with Gasteiger partial charge in [0.1, 0.15) is 5.75 Å². The van der Waals surface area contributed by atoms with Crippen molar-refractivity contribution in [2.24, 2.45) is 0 Å². The second-order valence-corrected chi connectivity index (χ2v) is 6.81. The number of nitrogens with zero attached hydrogens (tertiary/aromatic N) is 2. The molecule has 1 heterocycles. The van der Waals surface area contributed by atoms with Gasteiger partial charge in [0, 0.05) is 5.39 Å². The molecule has 1 amide bonds. The highest BCUT2D eigenvalue weighted by molar-refractivity contribution is 6.11. The SMILES string of the molecule is COc1ccc(-n2nc(C(=O)Nc3ccccc3C(F)(F)F)c3ccccc3c2=O)cc1. The molecule has 162 valence electrons. The molecule has 4 aromatic rings. The molecule has 6 nitrogen and oxygen atoms in total. The molecule has 0 aliphatic carbocycles. The highest BCUT2D eigenvalue weighted by Crippen LogP contribution is 2.34. The number of hydrogen-bond donors (Lipinski definition) is 1. The Balaban J connectivity index is 1.85. The third-order valence-corrected chi connectivity index (χ3v) is 4.82. The van der Waals surface area contributed by atoms with Crippen LogP contribution in [0.2, 0.25) is 0 Å². The van der Waals surface area contributed by atoms with Crippen molar-refractivity contribution in [3.8, 4) is 11.4 Å². The highest BCUT2D eigenvalue weighted by Gasteiger charge is 2.34. The second-order valence-electron chi connectivity index (χ2n) is 6.81. The number of nitrogens with one attached hydrogen (secondary N) is 1. The lowest BCUT2D eigenvalue weighted by Gasteiger charge is -2.15. The molecule has 9 heteroatoms. The van der Waals surface area contributed by atoms with Crippen LogP contribution in [0.25, 0.3) is 16.5 Å². The van der Waals surface area contributed by atoms with E-state index in [1.54, 1.807) is 36.4 Å². The fourth-order valence-electron chi connectivity index (χ4n) is 3.28. The average molecular weight is 439 g/mol. The predicted octanol–water partition coefficient (Wildman–Crippen LogP) is 4.67. The van der Waals surface area contributed by atoms with Crippen LogP contribution in [0.1, 0.15) is 16.1 Å². The first-order valence-electron chi connectivity index (χ1n) is 9.43. The number of carbonyl (C=O) groups is 1. The molecule has 0 radical (unpaired) electrons. The van der Waals surface area contributed by atoms with Gasteiger partial charge in [-0.1, -0.05) is 30.3 Å². The maximum atomic E-state index is 13.3. The molecule has 32 heavy (non-hydrogen) atoms. The fourth-order valence-corrected chi connectivity index (χ4v) is 3.28. The molecule has 3 aromatic carbocycles. The van der Waals surface area contributed by atoms with Crippen LogP contribution in [0.4, 0.5) is 18.9 Å². The first-order valence-corrected chi connectivity index (χ1v) is 9.43. The first kappa shape index (κ1) is 21.1. The molecule has 1 N–H and O–H groups in total. The second kappa shape index (κ2) is 8.18. The minimum atomic E-state index is -4.65. The van der Waals surface area contributed by atoms with Crippen LogP contribution in [0, 0.1) is 0 Å². The number of benzene rings is 3. The lowest BCUT2D eigenvalue weighted by atomic mass is 10.1. The molecule has 0 bridgehead atoms. The fraction of sp³-hybridized carbons (Fsp3) is 0.0870. The summed E-state index contributed by atoms with van der Waals surface area (Å²) >= 11 is 0. The maximum Gasteiger partial charge on any atom is 0.418 e. The maximum absolute atomic E-state index is 13.3. The number of ether oxygens (including phenoxy) is 1. The summed E-state index contributed by atoms with van der Waals surface area (Å²) in [6.07, 6.45) is -4.65. The van der Waals surface area contributed by atoms with Crippen LogP contribution in [0.3, 0.4) is 0 Å². The number of halogens is 3. The minimum absolute atomic E-state index is 0.187. The van der Waals surface area contributed by atoms with E-state index in [1.807, 2.05) is 0 Å². The van der Waals surface area contributed by atoms with Crippen LogP contribution in [-0.2, 0) is 6.18 Å². The van der Waals surface area contributed by atoms with Crippen LogP contribution in [0.5, 0.6) is 5.75 Å². The summed E-state index contributed by atoms with van der Waals surface area (Å²) in [7, 11) is 1.50. The molecule has 0 saturated carbocycles. The molecule has 0 unspecified atom stereocenters. The van der Waals surface area contributed by atoms with Crippen LogP contribution >= 0.6 is 0 Å². The minimum Gasteiger partial charge on any atom is -0.497 e. The van der Waals surface area contributed by atoms with Gasteiger partial charge in [-0.3, -0.25) is 9.59 Å². The van der Waals surface area contributed by atoms with Crippen molar-refractivity contribution in [3.05, 3.63) is 94.4 Å². The zero-order valence-electron chi connectivity index (χ0n) is 16.7. The molecule has 0 saturated heterocycles. The number of anilines is 1. The van der Waals surface area contributed by atoms with Gasteiger partial charge in [-0.15, -0.1) is 0 Å². The number of fused-ring (bicyclic) bond motifs is 1. The number of alkyl halides is 3. The summed E-state index contributed by atoms with van der Waals surface area (Å²) in [6, 6.07) is 17.4. The van der Waals surface area contributed by atoms with Crippen molar-refractivity contribution in [1.29, 1.82) is 0 Å². The Morgan fingerprint density at radius 3 is 2.22 bits per heavy atom. The van der Waals surface area contributed by atoms with Crippen LogP contribution in [0.15, 0.2) is 77.6 Å². The number of hydrogen-bond acceptors (Lipinski definition) is 4. The molecule has 1 aromatic heterocycles. The largest absolute Gasteiger partial charge is 0.497 e. The number of aromatic nitrogens is 2. The molecular weight excluding hydrogens is 423 g/mol. The van der Waals surface area contributed by atoms with E-state index < -0.39 is 28.9 Å². The van der Waals surface area contributed by atoms with Gasteiger partial charge in [-0.2, -0.15) is 23.0 Å². The Labute approximate surface area is 179 Å². The van der Waals surface area contributed by atoms with E-state index in [0.29, 0.717) is 11.4 Å². The quantitative estimate of drug-likeness (QED) is 0.502. The van der Waals surface area contributed by atoms with E-state index in [1.165, 1.54) is 31.4 Å². The van der Waals surface area contributed by atoms with E-state index in [2.05, 4.69) is 10.4 Å². The van der Waals surface area contributed by atoms with Crippen molar-refractivity contribution in [1.82, 2.24) is 9.78 Å². The van der Waals surface area contributed by atoms with Gasteiger partial charge in [0.05, 0.1) is 29.4 Å². The van der Waals surface area contributed by atoms with Crippen molar-refractivity contribution >= 4 is 22.4 Å². The van der Waals surface area contributed by atoms with Gasteiger partial charge in [0.2, 0.25) is 0 Å². The summed E-state index contributed by atoms with van der Waals surface area (Å²) in [4.78, 5) is 26.0.